The molecule has 6 heteroatoms. The van der Waals surface area contributed by atoms with Gasteiger partial charge in [0.25, 0.3) is 0 Å². The number of nitrogens with two attached hydrogens (primary N) is 1. The molecule has 1 aromatic heterocycles. The molecule has 104 valence electrons. The van der Waals surface area contributed by atoms with Crippen LogP contribution in [0.1, 0.15) is 34.3 Å². The Labute approximate surface area is 116 Å². The summed E-state index contributed by atoms with van der Waals surface area (Å²) in [6, 6.07) is 3.86. The maximum absolute atomic E-state index is 11.3. The van der Waals surface area contributed by atoms with Crippen molar-refractivity contribution < 1.29 is 14.7 Å². The van der Waals surface area contributed by atoms with Gasteiger partial charge in [0.1, 0.15) is 4.88 Å². The van der Waals surface area contributed by atoms with Crippen LogP contribution in [0.15, 0.2) is 12.1 Å². The summed E-state index contributed by atoms with van der Waals surface area (Å²) in [4.78, 5) is 25.7. The normalized spacial score (nSPS) is 24.3. The number of piperidine rings is 1. The van der Waals surface area contributed by atoms with Crippen LogP contribution in [0.25, 0.3) is 0 Å². The van der Waals surface area contributed by atoms with Gasteiger partial charge in [-0.2, -0.15) is 0 Å². The lowest BCUT2D eigenvalue weighted by Gasteiger charge is -2.36. The standard InChI is InChI=1S/C13H18N2O3S/c1-8-2-3-9(12(14)16)6-15(8)7-10-4-5-11(19-10)13(17)18/h4-5,8-9H,2-3,6-7H2,1H3,(H2,14,16)(H,17,18). The maximum atomic E-state index is 11.3. The average molecular weight is 282 g/mol. The molecule has 0 spiro atoms. The van der Waals surface area contributed by atoms with Crippen LogP contribution in [0.5, 0.6) is 0 Å². The first-order valence-electron chi connectivity index (χ1n) is 6.32. The minimum absolute atomic E-state index is 0.0879. The summed E-state index contributed by atoms with van der Waals surface area (Å²) in [5, 5.41) is 8.91. The molecule has 5 nitrogen and oxygen atoms in total. The third-order valence-electron chi connectivity index (χ3n) is 3.64. The van der Waals surface area contributed by atoms with E-state index >= 15 is 0 Å². The number of amides is 1. The summed E-state index contributed by atoms with van der Waals surface area (Å²) in [5.74, 6) is -1.22. The SMILES string of the molecule is CC1CCC(C(N)=O)CN1Cc1ccc(C(=O)O)s1. The number of hydrogen-bond acceptors (Lipinski definition) is 4. The zero-order chi connectivity index (χ0) is 14.0. The fraction of sp³-hybridized carbons (Fsp3) is 0.538. The number of carbonyl (C=O) groups excluding carboxylic acids is 1. The Morgan fingerprint density at radius 3 is 2.79 bits per heavy atom. The van der Waals surface area contributed by atoms with Crippen LogP contribution in [0, 0.1) is 5.92 Å². The summed E-state index contributed by atoms with van der Waals surface area (Å²) in [5.41, 5.74) is 5.37. The molecule has 1 fully saturated rings. The minimum atomic E-state index is -0.891. The lowest BCUT2D eigenvalue weighted by molar-refractivity contribution is -0.124. The van der Waals surface area contributed by atoms with E-state index in [-0.39, 0.29) is 11.8 Å². The summed E-state index contributed by atoms with van der Waals surface area (Å²) in [6.45, 7) is 3.47. The summed E-state index contributed by atoms with van der Waals surface area (Å²) in [7, 11) is 0. The highest BCUT2D eigenvalue weighted by molar-refractivity contribution is 7.13. The number of carboxylic acids is 1. The van der Waals surface area contributed by atoms with E-state index in [1.54, 1.807) is 6.07 Å². The molecule has 0 radical (unpaired) electrons. The summed E-state index contributed by atoms with van der Waals surface area (Å²) in [6.07, 6.45) is 1.79. The van der Waals surface area contributed by atoms with Gasteiger partial charge in [-0.25, -0.2) is 4.79 Å². The van der Waals surface area contributed by atoms with Gasteiger partial charge < -0.3 is 10.8 Å². The lowest BCUT2D eigenvalue weighted by atomic mass is 9.93. The zero-order valence-corrected chi connectivity index (χ0v) is 11.7. The second-order valence-corrected chi connectivity index (χ2v) is 6.19. The molecule has 1 amide bonds. The number of aromatic carboxylic acids is 1. The third-order valence-corrected chi connectivity index (χ3v) is 4.70. The Bertz CT molecular complexity index is 486. The van der Waals surface area contributed by atoms with Crippen LogP contribution >= 0.6 is 11.3 Å². The maximum Gasteiger partial charge on any atom is 0.345 e. The zero-order valence-electron chi connectivity index (χ0n) is 10.8. The topological polar surface area (TPSA) is 83.6 Å². The highest BCUT2D eigenvalue weighted by Gasteiger charge is 2.28. The van der Waals surface area contributed by atoms with Crippen molar-refractivity contribution in [1.82, 2.24) is 4.90 Å². The van der Waals surface area contributed by atoms with Gasteiger partial charge in [-0.05, 0) is 31.9 Å². The molecule has 0 aliphatic carbocycles. The monoisotopic (exact) mass is 282 g/mol. The van der Waals surface area contributed by atoms with Gasteiger partial charge in [0.2, 0.25) is 5.91 Å². The molecule has 3 N–H and O–H groups in total. The van der Waals surface area contributed by atoms with Crippen LogP contribution in [0.3, 0.4) is 0 Å². The largest absolute Gasteiger partial charge is 0.477 e. The van der Waals surface area contributed by atoms with Crippen molar-refractivity contribution in [2.45, 2.75) is 32.4 Å². The Hall–Kier alpha value is -1.40. The smallest absolute Gasteiger partial charge is 0.345 e. The number of rotatable bonds is 4. The third kappa shape index (κ3) is 3.33. The Kier molecular flexibility index (Phi) is 4.21. The lowest BCUT2D eigenvalue weighted by Crippen LogP contribution is -2.45. The predicted molar refractivity (Wildman–Crippen MR) is 73.1 cm³/mol. The molecule has 0 saturated carbocycles. The first kappa shape index (κ1) is 14.0. The molecule has 0 bridgehead atoms. The Balaban J connectivity index is 2.03. The fourth-order valence-corrected chi connectivity index (χ4v) is 3.28. The van der Waals surface area contributed by atoms with Crippen LogP contribution in [0.2, 0.25) is 0 Å². The molecular weight excluding hydrogens is 264 g/mol. The second-order valence-electron chi connectivity index (χ2n) is 5.03. The molecule has 1 saturated heterocycles. The molecule has 1 aromatic rings. The number of likely N-dealkylation sites (tertiary alicyclic amines) is 1. The number of carbonyl (C=O) groups is 2. The number of nitrogens with zero attached hydrogens (tertiary/aromatic N) is 1. The van der Waals surface area contributed by atoms with Crippen molar-refractivity contribution in [2.24, 2.45) is 11.7 Å². The van der Waals surface area contributed by atoms with Crippen LogP contribution in [-0.2, 0) is 11.3 Å². The van der Waals surface area contributed by atoms with Crippen LogP contribution in [-0.4, -0.2) is 34.5 Å². The Morgan fingerprint density at radius 2 is 2.21 bits per heavy atom. The van der Waals surface area contributed by atoms with E-state index in [1.807, 2.05) is 6.07 Å². The predicted octanol–water partition coefficient (Wildman–Crippen LogP) is 1.53. The first-order valence-corrected chi connectivity index (χ1v) is 7.14. The summed E-state index contributed by atoms with van der Waals surface area (Å²) < 4.78 is 0. The molecule has 19 heavy (non-hydrogen) atoms. The van der Waals surface area contributed by atoms with Crippen molar-refractivity contribution in [3.8, 4) is 0 Å². The summed E-state index contributed by atoms with van der Waals surface area (Å²) >= 11 is 1.29. The molecule has 1 aliphatic rings. The molecule has 2 atom stereocenters. The van der Waals surface area contributed by atoms with E-state index in [0.29, 0.717) is 24.0 Å². The van der Waals surface area contributed by atoms with E-state index in [4.69, 9.17) is 10.8 Å². The minimum Gasteiger partial charge on any atom is -0.477 e. The fourth-order valence-electron chi connectivity index (χ4n) is 2.41. The number of hydrogen-bond donors (Lipinski definition) is 2. The van der Waals surface area contributed by atoms with Crippen LogP contribution in [0.4, 0.5) is 0 Å². The molecule has 0 aromatic carbocycles. The van der Waals surface area contributed by atoms with Crippen molar-refractivity contribution in [1.29, 1.82) is 0 Å². The highest BCUT2D eigenvalue weighted by Crippen LogP contribution is 2.26. The molecular formula is C13H18N2O3S. The van der Waals surface area contributed by atoms with Gasteiger partial charge >= 0.3 is 5.97 Å². The van der Waals surface area contributed by atoms with Crippen molar-refractivity contribution in [3.63, 3.8) is 0 Å². The van der Waals surface area contributed by atoms with Gasteiger partial charge in [0.05, 0.1) is 5.92 Å². The Morgan fingerprint density at radius 1 is 1.47 bits per heavy atom. The molecule has 2 rings (SSSR count). The van der Waals surface area contributed by atoms with Crippen molar-refractivity contribution in [2.75, 3.05) is 6.54 Å². The second kappa shape index (κ2) is 5.71. The molecule has 2 heterocycles. The number of carboxylic acid groups (broad SMARTS) is 1. The molecule has 1 aliphatic heterocycles. The first-order chi connectivity index (χ1) is 8.97. The average Bonchev–Trinajstić information content (AvgIpc) is 2.80. The number of thiophene rings is 1. The van der Waals surface area contributed by atoms with E-state index in [9.17, 15) is 9.59 Å². The quantitative estimate of drug-likeness (QED) is 0.877. The van der Waals surface area contributed by atoms with Crippen LogP contribution < -0.4 is 5.73 Å². The van der Waals surface area contributed by atoms with Gasteiger partial charge in [0.15, 0.2) is 0 Å². The molecule has 2 unspecified atom stereocenters. The van der Waals surface area contributed by atoms with E-state index in [1.165, 1.54) is 11.3 Å². The van der Waals surface area contributed by atoms with Crippen molar-refractivity contribution in [3.05, 3.63) is 21.9 Å². The highest BCUT2D eigenvalue weighted by atomic mass is 32.1. The number of primary amides is 1. The van der Waals surface area contributed by atoms with Crippen molar-refractivity contribution >= 4 is 23.2 Å². The van der Waals surface area contributed by atoms with Gasteiger partial charge in [-0.3, -0.25) is 9.69 Å². The van der Waals surface area contributed by atoms with E-state index < -0.39 is 5.97 Å². The van der Waals surface area contributed by atoms with Gasteiger partial charge in [0, 0.05) is 24.0 Å². The van der Waals surface area contributed by atoms with E-state index in [0.717, 1.165) is 17.7 Å². The van der Waals surface area contributed by atoms with Gasteiger partial charge in [-0.15, -0.1) is 11.3 Å². The van der Waals surface area contributed by atoms with Gasteiger partial charge in [-0.1, -0.05) is 0 Å². The van der Waals surface area contributed by atoms with E-state index in [2.05, 4.69) is 11.8 Å².